The van der Waals surface area contributed by atoms with Crippen molar-refractivity contribution in [3.05, 3.63) is 53.9 Å². The monoisotopic (exact) mass is 381 g/mol. The average molecular weight is 382 g/mol. The van der Waals surface area contributed by atoms with E-state index in [1.54, 1.807) is 13.1 Å². The number of pyridine rings is 1. The Morgan fingerprint density at radius 3 is 2.64 bits per heavy atom. The van der Waals surface area contributed by atoms with Gasteiger partial charge in [-0.2, -0.15) is 0 Å². The number of carbonyl (C=O) groups is 2. The maximum Gasteiger partial charge on any atom is 0.316 e. The lowest BCUT2D eigenvalue weighted by molar-refractivity contribution is -0.153. The highest BCUT2D eigenvalue weighted by atomic mass is 16.5. The zero-order chi connectivity index (χ0) is 19.9. The van der Waals surface area contributed by atoms with E-state index in [4.69, 9.17) is 4.74 Å². The topological polar surface area (TPSA) is 56.3 Å². The largest absolute Gasteiger partial charge is 0.465 e. The molecule has 28 heavy (non-hydrogen) atoms. The lowest BCUT2D eigenvalue weighted by atomic mass is 9.71. The molecular formula is C24H31NO3. The maximum atomic E-state index is 13.3. The molecule has 0 amide bonds. The summed E-state index contributed by atoms with van der Waals surface area (Å²) >= 11 is 0. The summed E-state index contributed by atoms with van der Waals surface area (Å²) in [6.07, 6.45) is 15.8. The molecule has 1 saturated carbocycles. The molecule has 0 bridgehead atoms. The third-order valence-corrected chi connectivity index (χ3v) is 6.22. The highest BCUT2D eigenvalue weighted by Gasteiger charge is 2.37. The van der Waals surface area contributed by atoms with Gasteiger partial charge in [-0.05, 0) is 69.4 Å². The third kappa shape index (κ3) is 4.98. The van der Waals surface area contributed by atoms with Crippen molar-refractivity contribution in [1.29, 1.82) is 0 Å². The van der Waals surface area contributed by atoms with Gasteiger partial charge in [-0.3, -0.25) is 14.6 Å². The van der Waals surface area contributed by atoms with Crippen LogP contribution in [0.5, 0.6) is 0 Å². The Labute approximate surface area is 168 Å². The van der Waals surface area contributed by atoms with Crippen molar-refractivity contribution in [2.24, 2.45) is 23.7 Å². The molecular weight excluding hydrogens is 350 g/mol. The smallest absolute Gasteiger partial charge is 0.316 e. The average Bonchev–Trinajstić information content (AvgIpc) is 2.73. The van der Waals surface area contributed by atoms with E-state index in [1.807, 2.05) is 19.1 Å². The number of hydrogen-bond acceptors (Lipinski definition) is 4. The third-order valence-electron chi connectivity index (χ3n) is 6.22. The van der Waals surface area contributed by atoms with Gasteiger partial charge >= 0.3 is 5.97 Å². The molecule has 2 aliphatic rings. The second-order valence-electron chi connectivity index (χ2n) is 8.00. The highest BCUT2D eigenvalue weighted by Crippen LogP contribution is 2.38. The van der Waals surface area contributed by atoms with Gasteiger partial charge in [0.15, 0.2) is 5.78 Å². The highest BCUT2D eigenvalue weighted by molar-refractivity contribution is 6.00. The molecule has 3 rings (SSSR count). The number of hydrogen-bond donors (Lipinski definition) is 0. The van der Waals surface area contributed by atoms with Crippen LogP contribution in [0.25, 0.3) is 0 Å². The number of esters is 1. The van der Waals surface area contributed by atoms with E-state index in [0.29, 0.717) is 18.3 Å². The summed E-state index contributed by atoms with van der Waals surface area (Å²) in [5.74, 6) is 0.0915. The number of allylic oxidation sites excluding steroid dienone is 4. The van der Waals surface area contributed by atoms with Gasteiger partial charge in [0, 0.05) is 24.2 Å². The van der Waals surface area contributed by atoms with Crippen LogP contribution in [-0.2, 0) is 20.7 Å². The first kappa shape index (κ1) is 20.5. The van der Waals surface area contributed by atoms with Crippen molar-refractivity contribution in [1.82, 2.24) is 4.98 Å². The molecule has 0 aromatic carbocycles. The molecule has 2 atom stereocenters. The van der Waals surface area contributed by atoms with Crippen LogP contribution < -0.4 is 0 Å². The second-order valence-corrected chi connectivity index (χ2v) is 8.00. The molecule has 150 valence electrons. The van der Waals surface area contributed by atoms with Gasteiger partial charge in [0.2, 0.25) is 0 Å². The lowest BCUT2D eigenvalue weighted by Crippen LogP contribution is -2.35. The molecule has 2 aliphatic carbocycles. The van der Waals surface area contributed by atoms with Crippen molar-refractivity contribution < 1.29 is 14.3 Å². The normalized spacial score (nSPS) is 25.3. The zero-order valence-corrected chi connectivity index (χ0v) is 17.0. The molecule has 0 spiro atoms. The summed E-state index contributed by atoms with van der Waals surface area (Å²) in [4.78, 5) is 30.2. The molecule has 0 aliphatic heterocycles. The summed E-state index contributed by atoms with van der Waals surface area (Å²) < 4.78 is 5.24. The minimum absolute atomic E-state index is 0.0426. The van der Waals surface area contributed by atoms with Crippen LogP contribution >= 0.6 is 0 Å². The molecule has 0 saturated heterocycles. The SMILES string of the molecule is CCOC(=O)C(Cc1ncccc1C)C(=O)C1CCC(C2C=CC=CC2)CC1. The molecule has 1 heterocycles. The predicted octanol–water partition coefficient (Wildman–Crippen LogP) is 4.62. The van der Waals surface area contributed by atoms with Crippen LogP contribution in [0, 0.1) is 30.6 Å². The number of nitrogens with zero attached hydrogens (tertiary/aromatic N) is 1. The number of aryl methyl sites for hydroxylation is 1. The number of Topliss-reactive ketones (excluding diaryl/α,β-unsaturated/α-hetero) is 1. The molecule has 0 radical (unpaired) electrons. The Morgan fingerprint density at radius 2 is 2.00 bits per heavy atom. The number of ether oxygens (including phenoxy) is 1. The molecule has 1 aromatic rings. The van der Waals surface area contributed by atoms with Crippen LogP contribution in [0.15, 0.2) is 42.6 Å². The first-order chi connectivity index (χ1) is 13.6. The van der Waals surface area contributed by atoms with Gasteiger partial charge in [-0.25, -0.2) is 0 Å². The fourth-order valence-corrected chi connectivity index (χ4v) is 4.53. The van der Waals surface area contributed by atoms with Crippen molar-refractivity contribution in [2.75, 3.05) is 6.61 Å². The number of carbonyl (C=O) groups excluding carboxylic acids is 2. The lowest BCUT2D eigenvalue weighted by Gasteiger charge is -2.33. The maximum absolute atomic E-state index is 13.3. The first-order valence-electron chi connectivity index (χ1n) is 10.5. The van der Waals surface area contributed by atoms with Crippen molar-refractivity contribution in [3.63, 3.8) is 0 Å². The van der Waals surface area contributed by atoms with E-state index in [-0.39, 0.29) is 18.3 Å². The quantitative estimate of drug-likeness (QED) is 0.511. The molecule has 1 aromatic heterocycles. The Morgan fingerprint density at radius 1 is 1.21 bits per heavy atom. The zero-order valence-electron chi connectivity index (χ0n) is 17.0. The molecule has 1 fully saturated rings. The van der Waals surface area contributed by atoms with E-state index >= 15 is 0 Å². The van der Waals surface area contributed by atoms with E-state index < -0.39 is 11.9 Å². The summed E-state index contributed by atoms with van der Waals surface area (Å²) in [7, 11) is 0. The fraction of sp³-hybridized carbons (Fsp3) is 0.542. The van der Waals surface area contributed by atoms with Gasteiger partial charge in [0.25, 0.3) is 0 Å². The Kier molecular flexibility index (Phi) is 7.18. The van der Waals surface area contributed by atoms with Crippen LogP contribution in [0.2, 0.25) is 0 Å². The van der Waals surface area contributed by atoms with E-state index in [1.165, 1.54) is 0 Å². The minimum Gasteiger partial charge on any atom is -0.465 e. The van der Waals surface area contributed by atoms with Crippen LogP contribution in [0.3, 0.4) is 0 Å². The Hall–Kier alpha value is -2.23. The van der Waals surface area contributed by atoms with Crippen molar-refractivity contribution in [2.45, 2.75) is 52.4 Å². The number of aromatic nitrogens is 1. The van der Waals surface area contributed by atoms with Gasteiger partial charge in [0.05, 0.1) is 6.61 Å². The summed E-state index contributed by atoms with van der Waals surface area (Å²) in [6.45, 7) is 4.03. The van der Waals surface area contributed by atoms with E-state index in [2.05, 4.69) is 29.3 Å². The number of rotatable bonds is 7. The predicted molar refractivity (Wildman–Crippen MR) is 110 cm³/mol. The van der Waals surface area contributed by atoms with Crippen LogP contribution in [0.4, 0.5) is 0 Å². The second kappa shape index (κ2) is 9.81. The van der Waals surface area contributed by atoms with Gasteiger partial charge < -0.3 is 4.74 Å². The Bertz CT molecular complexity index is 744. The van der Waals surface area contributed by atoms with Gasteiger partial charge in [0.1, 0.15) is 5.92 Å². The van der Waals surface area contributed by atoms with Crippen LogP contribution in [0.1, 0.15) is 50.3 Å². The first-order valence-corrected chi connectivity index (χ1v) is 10.5. The molecule has 2 unspecified atom stereocenters. The van der Waals surface area contributed by atoms with Crippen molar-refractivity contribution >= 4 is 11.8 Å². The standard InChI is InChI=1S/C24H31NO3/c1-3-28-24(27)21(16-22-17(2)8-7-15-25-22)23(26)20-13-11-19(12-14-20)18-9-5-4-6-10-18/h4-9,15,18-21H,3,10-14,16H2,1-2H3. The van der Waals surface area contributed by atoms with Crippen LogP contribution in [-0.4, -0.2) is 23.3 Å². The van der Waals surface area contributed by atoms with E-state index in [9.17, 15) is 9.59 Å². The minimum atomic E-state index is -0.743. The van der Waals surface area contributed by atoms with Gasteiger partial charge in [-0.1, -0.05) is 30.4 Å². The summed E-state index contributed by atoms with van der Waals surface area (Å²) in [5.41, 5.74) is 1.81. The molecule has 4 heteroatoms. The van der Waals surface area contributed by atoms with Crippen molar-refractivity contribution in [3.8, 4) is 0 Å². The fourth-order valence-electron chi connectivity index (χ4n) is 4.53. The molecule has 0 N–H and O–H groups in total. The van der Waals surface area contributed by atoms with Gasteiger partial charge in [-0.15, -0.1) is 0 Å². The summed E-state index contributed by atoms with van der Waals surface area (Å²) in [6, 6.07) is 3.84. The van der Waals surface area contributed by atoms with E-state index in [0.717, 1.165) is 43.4 Å². The summed E-state index contributed by atoms with van der Waals surface area (Å²) in [5, 5.41) is 0. The molecule has 4 nitrogen and oxygen atoms in total. The number of ketones is 1. The Balaban J connectivity index is 1.66.